The molecule has 0 bridgehead atoms. The van der Waals surface area contributed by atoms with Crippen LogP contribution in [0.5, 0.6) is 0 Å². The van der Waals surface area contributed by atoms with Gasteiger partial charge in [-0.1, -0.05) is 23.7 Å². The van der Waals surface area contributed by atoms with Crippen molar-refractivity contribution in [1.82, 2.24) is 4.90 Å². The van der Waals surface area contributed by atoms with Crippen molar-refractivity contribution in [2.24, 2.45) is 0 Å². The van der Waals surface area contributed by atoms with E-state index >= 15 is 0 Å². The zero-order valence-corrected chi connectivity index (χ0v) is 16.3. The number of nitrogens with zero attached hydrogens (tertiary/aromatic N) is 2. The van der Waals surface area contributed by atoms with E-state index in [1.54, 1.807) is 20.8 Å². The molecule has 2 aromatic carbocycles. The lowest BCUT2D eigenvalue weighted by molar-refractivity contribution is -0.384. The van der Waals surface area contributed by atoms with Crippen molar-refractivity contribution in [3.63, 3.8) is 0 Å². The molecule has 8 heteroatoms. The van der Waals surface area contributed by atoms with Crippen LogP contribution >= 0.6 is 11.6 Å². The zero-order chi connectivity index (χ0) is 20.9. The molecule has 0 aliphatic carbocycles. The Morgan fingerprint density at radius 3 is 2.43 bits per heavy atom. The SMILES string of the molecule is CC(C)(C)OC(=O)N(C#Cc1ccc([N+](=O)[O-])cc1Cl)Cc1ccc(F)cc1. The van der Waals surface area contributed by atoms with Gasteiger partial charge in [-0.15, -0.1) is 0 Å². The van der Waals surface area contributed by atoms with Gasteiger partial charge in [-0.3, -0.25) is 10.1 Å². The van der Waals surface area contributed by atoms with E-state index in [4.69, 9.17) is 16.3 Å². The normalized spacial score (nSPS) is 10.6. The maximum Gasteiger partial charge on any atom is 0.422 e. The van der Waals surface area contributed by atoms with Crippen LogP contribution in [0.3, 0.4) is 0 Å². The molecule has 0 aromatic heterocycles. The molecule has 0 N–H and O–H groups in total. The van der Waals surface area contributed by atoms with Gasteiger partial charge >= 0.3 is 6.09 Å². The minimum absolute atomic E-state index is 0.0623. The Balaban J connectivity index is 2.32. The van der Waals surface area contributed by atoms with Gasteiger partial charge in [-0.2, -0.15) is 0 Å². The Morgan fingerprint density at radius 2 is 1.89 bits per heavy atom. The Hall–Kier alpha value is -3.11. The monoisotopic (exact) mass is 404 g/mol. The largest absolute Gasteiger partial charge is 0.443 e. The molecule has 0 heterocycles. The summed E-state index contributed by atoms with van der Waals surface area (Å²) in [4.78, 5) is 23.8. The van der Waals surface area contributed by atoms with E-state index in [1.807, 2.05) is 0 Å². The Labute approximate surface area is 167 Å². The van der Waals surface area contributed by atoms with Gasteiger partial charge in [0.25, 0.3) is 5.69 Å². The summed E-state index contributed by atoms with van der Waals surface area (Å²) >= 11 is 6.04. The van der Waals surface area contributed by atoms with Crippen LogP contribution in [0.25, 0.3) is 0 Å². The quantitative estimate of drug-likeness (QED) is 0.307. The molecule has 1 amide bonds. The summed E-state index contributed by atoms with van der Waals surface area (Å²) in [6, 6.07) is 12.2. The van der Waals surface area contributed by atoms with Gasteiger partial charge in [0.2, 0.25) is 0 Å². The van der Waals surface area contributed by atoms with Crippen LogP contribution in [0.4, 0.5) is 14.9 Å². The summed E-state index contributed by atoms with van der Waals surface area (Å²) < 4.78 is 18.5. The summed E-state index contributed by atoms with van der Waals surface area (Å²) in [5.41, 5.74) is 0.0762. The molecule has 0 saturated carbocycles. The van der Waals surface area contributed by atoms with Gasteiger partial charge in [-0.05, 0) is 50.5 Å². The summed E-state index contributed by atoms with van der Waals surface area (Å²) in [5, 5.41) is 10.9. The van der Waals surface area contributed by atoms with Gasteiger partial charge in [0.05, 0.1) is 16.5 Å². The third kappa shape index (κ3) is 6.25. The molecule has 6 nitrogen and oxygen atoms in total. The molecule has 146 valence electrons. The molecule has 0 spiro atoms. The fourth-order valence-corrected chi connectivity index (χ4v) is 2.31. The second-order valence-corrected chi connectivity index (χ2v) is 7.26. The number of carbonyl (C=O) groups excluding carboxylic acids is 1. The number of nitro groups is 1. The van der Waals surface area contributed by atoms with Crippen molar-refractivity contribution in [3.05, 3.63) is 74.5 Å². The molecule has 0 radical (unpaired) electrons. The Kier molecular flexibility index (Phi) is 6.60. The van der Waals surface area contributed by atoms with E-state index in [0.29, 0.717) is 11.1 Å². The summed E-state index contributed by atoms with van der Waals surface area (Å²) in [6.07, 6.45) is -0.678. The standard InChI is InChI=1S/C20H18ClFN2O4/c1-20(2,3)28-19(25)23(13-14-4-7-16(22)8-5-14)11-10-15-6-9-17(24(26)27)12-18(15)21/h4-9,12H,13H2,1-3H3. The number of carbonyl (C=O) groups is 1. The number of non-ortho nitro benzene ring substituents is 1. The maximum absolute atomic E-state index is 13.1. The first-order valence-corrected chi connectivity index (χ1v) is 8.63. The van der Waals surface area contributed by atoms with Gasteiger partial charge < -0.3 is 4.74 Å². The van der Waals surface area contributed by atoms with Crippen molar-refractivity contribution in [3.8, 4) is 12.0 Å². The van der Waals surface area contributed by atoms with Crippen LogP contribution in [-0.4, -0.2) is 21.5 Å². The van der Waals surface area contributed by atoms with Crippen LogP contribution in [0.2, 0.25) is 5.02 Å². The molecular formula is C20H18ClFN2O4. The van der Waals surface area contributed by atoms with Crippen molar-refractivity contribution in [2.45, 2.75) is 32.9 Å². The molecule has 0 aliphatic heterocycles. The highest BCUT2D eigenvalue weighted by Crippen LogP contribution is 2.22. The first-order chi connectivity index (χ1) is 13.0. The molecule has 0 atom stereocenters. The molecule has 0 aliphatic rings. The second kappa shape index (κ2) is 8.72. The highest BCUT2D eigenvalue weighted by molar-refractivity contribution is 6.32. The smallest absolute Gasteiger partial charge is 0.422 e. The van der Waals surface area contributed by atoms with E-state index in [9.17, 15) is 19.3 Å². The molecule has 2 aromatic rings. The number of halogens is 2. The highest BCUT2D eigenvalue weighted by atomic mass is 35.5. The Morgan fingerprint density at radius 1 is 1.25 bits per heavy atom. The number of rotatable bonds is 3. The first-order valence-electron chi connectivity index (χ1n) is 8.26. The number of amides is 1. The van der Waals surface area contributed by atoms with E-state index in [0.717, 1.165) is 4.90 Å². The van der Waals surface area contributed by atoms with Crippen LogP contribution in [0.1, 0.15) is 31.9 Å². The van der Waals surface area contributed by atoms with Gasteiger partial charge in [0.15, 0.2) is 0 Å². The van der Waals surface area contributed by atoms with Crippen LogP contribution in [0, 0.1) is 27.9 Å². The topological polar surface area (TPSA) is 72.7 Å². The van der Waals surface area contributed by atoms with Crippen molar-refractivity contribution in [1.29, 1.82) is 0 Å². The molecule has 28 heavy (non-hydrogen) atoms. The molecule has 2 rings (SSSR count). The number of hydrogen-bond acceptors (Lipinski definition) is 4. The number of nitro benzene ring substituents is 1. The van der Waals surface area contributed by atoms with Gasteiger partial charge in [-0.25, -0.2) is 14.1 Å². The van der Waals surface area contributed by atoms with E-state index in [1.165, 1.54) is 42.5 Å². The van der Waals surface area contributed by atoms with Crippen LogP contribution in [-0.2, 0) is 11.3 Å². The fraction of sp³-hybridized carbons (Fsp3) is 0.250. The maximum atomic E-state index is 13.1. The Bertz CT molecular complexity index is 943. The number of ether oxygens (including phenoxy) is 1. The number of hydrogen-bond donors (Lipinski definition) is 0. The van der Waals surface area contributed by atoms with E-state index in [2.05, 4.69) is 12.0 Å². The molecule has 0 unspecified atom stereocenters. The average Bonchev–Trinajstić information content (AvgIpc) is 2.59. The average molecular weight is 405 g/mol. The van der Waals surface area contributed by atoms with E-state index < -0.39 is 22.4 Å². The molecule has 0 fully saturated rings. The predicted molar refractivity (Wildman–Crippen MR) is 103 cm³/mol. The summed E-state index contributed by atoms with van der Waals surface area (Å²) in [7, 11) is 0. The summed E-state index contributed by atoms with van der Waals surface area (Å²) in [5.74, 6) is 2.33. The lowest BCUT2D eigenvalue weighted by Gasteiger charge is -2.23. The first kappa shape index (κ1) is 21.2. The fourth-order valence-electron chi connectivity index (χ4n) is 2.09. The van der Waals surface area contributed by atoms with Gasteiger partial charge in [0, 0.05) is 23.7 Å². The van der Waals surface area contributed by atoms with Crippen LogP contribution < -0.4 is 0 Å². The van der Waals surface area contributed by atoms with Crippen molar-refractivity contribution >= 4 is 23.4 Å². The van der Waals surface area contributed by atoms with E-state index in [-0.39, 0.29) is 17.3 Å². The van der Waals surface area contributed by atoms with Crippen LogP contribution in [0.15, 0.2) is 42.5 Å². The number of benzene rings is 2. The molecule has 0 saturated heterocycles. The highest BCUT2D eigenvalue weighted by Gasteiger charge is 2.21. The summed E-state index contributed by atoms with van der Waals surface area (Å²) in [6.45, 7) is 5.23. The minimum atomic E-state index is -0.731. The zero-order valence-electron chi connectivity index (χ0n) is 15.5. The third-order valence-electron chi connectivity index (χ3n) is 3.36. The minimum Gasteiger partial charge on any atom is -0.443 e. The van der Waals surface area contributed by atoms with Crippen molar-refractivity contribution in [2.75, 3.05) is 0 Å². The third-order valence-corrected chi connectivity index (χ3v) is 3.67. The molecular weight excluding hydrogens is 387 g/mol. The predicted octanol–water partition coefficient (Wildman–Crippen LogP) is 5.13. The van der Waals surface area contributed by atoms with Gasteiger partial charge in [0.1, 0.15) is 11.4 Å². The van der Waals surface area contributed by atoms with Crippen molar-refractivity contribution < 1.29 is 18.8 Å². The second-order valence-electron chi connectivity index (χ2n) is 6.85. The lowest BCUT2D eigenvalue weighted by Crippen LogP contribution is -2.33. The lowest BCUT2D eigenvalue weighted by atomic mass is 10.2.